The van der Waals surface area contributed by atoms with Crippen molar-refractivity contribution >= 4 is 34.6 Å². The highest BCUT2D eigenvalue weighted by Crippen LogP contribution is 2.49. The fourth-order valence-electron chi connectivity index (χ4n) is 2.71. The number of rotatable bonds is 1. The van der Waals surface area contributed by atoms with Gasteiger partial charge in [-0.3, -0.25) is 10.1 Å². The Bertz CT molecular complexity index is 639. The highest BCUT2D eigenvalue weighted by Gasteiger charge is 2.50. The molecule has 0 spiro atoms. The number of hydrogen-bond donors (Lipinski definition) is 2. The summed E-state index contributed by atoms with van der Waals surface area (Å²) < 4.78 is 5.94. The maximum Gasteiger partial charge on any atom is 0.288 e. The number of fused-ring (bicyclic) bond motifs is 4. The molecule has 1 aromatic carbocycles. The van der Waals surface area contributed by atoms with Crippen molar-refractivity contribution in [2.75, 3.05) is 0 Å². The summed E-state index contributed by atoms with van der Waals surface area (Å²) in [4.78, 5) is 10.5. The van der Waals surface area contributed by atoms with Crippen LogP contribution in [0.3, 0.4) is 0 Å². The molecule has 1 fully saturated rings. The predicted octanol–water partition coefficient (Wildman–Crippen LogP) is 2.51. The third-order valence-electron chi connectivity index (χ3n) is 3.97. The largest absolute Gasteiger partial charge is 0.468 e. The summed E-state index contributed by atoms with van der Waals surface area (Å²) in [5.74, 6) is 0.537. The van der Waals surface area contributed by atoms with Crippen molar-refractivity contribution in [1.29, 1.82) is 0 Å². The van der Waals surface area contributed by atoms with Gasteiger partial charge in [-0.2, -0.15) is 0 Å². The van der Waals surface area contributed by atoms with Crippen LogP contribution in [0.5, 0.6) is 5.75 Å². The Morgan fingerprint density at radius 2 is 2.25 bits per heavy atom. The lowest BCUT2D eigenvalue weighted by Crippen LogP contribution is -2.67. The molecule has 1 aromatic rings. The Kier molecular flexibility index (Phi) is 2.81. The molecule has 3 atom stereocenters. The summed E-state index contributed by atoms with van der Waals surface area (Å²) in [5.41, 5.74) is -0.190. The molecule has 2 bridgehead atoms. The maximum absolute atomic E-state index is 11.0. The highest BCUT2D eigenvalue weighted by atomic mass is 35.5. The smallest absolute Gasteiger partial charge is 0.288 e. The summed E-state index contributed by atoms with van der Waals surface area (Å²) in [7, 11) is 0. The minimum atomic E-state index is -0.653. The van der Waals surface area contributed by atoms with Gasteiger partial charge >= 0.3 is 0 Å². The van der Waals surface area contributed by atoms with Crippen LogP contribution in [0.15, 0.2) is 12.1 Å². The quantitative estimate of drug-likeness (QED) is 0.471. The van der Waals surface area contributed by atoms with Crippen molar-refractivity contribution in [3.8, 4) is 5.75 Å². The van der Waals surface area contributed by atoms with Crippen LogP contribution in [-0.2, 0) is 0 Å². The predicted molar refractivity (Wildman–Crippen MR) is 77.9 cm³/mol. The molecule has 3 unspecified atom stereocenters. The summed E-state index contributed by atoms with van der Waals surface area (Å²) in [6.07, 6.45) is 0. The molecular formula is C12H12ClN3O3S. The second-order valence-corrected chi connectivity index (χ2v) is 5.93. The number of thiocarbonyl (C=S) groups is 1. The fourth-order valence-corrected chi connectivity index (χ4v) is 3.38. The van der Waals surface area contributed by atoms with Crippen LogP contribution in [0.1, 0.15) is 25.5 Å². The van der Waals surface area contributed by atoms with Gasteiger partial charge in [0.2, 0.25) is 0 Å². The SMILES string of the molecule is CC1C2NC(=S)NC1(C)Oc1ccc([N+](=O)[O-])c(Cl)c12. The minimum Gasteiger partial charge on any atom is -0.468 e. The molecule has 20 heavy (non-hydrogen) atoms. The van der Waals surface area contributed by atoms with Crippen LogP contribution >= 0.6 is 23.8 Å². The van der Waals surface area contributed by atoms with Gasteiger partial charge in [0.25, 0.3) is 5.69 Å². The van der Waals surface area contributed by atoms with E-state index < -0.39 is 10.6 Å². The maximum atomic E-state index is 11.0. The molecule has 0 amide bonds. The zero-order valence-electron chi connectivity index (χ0n) is 10.8. The van der Waals surface area contributed by atoms with E-state index in [1.165, 1.54) is 6.07 Å². The number of nitrogens with one attached hydrogen (secondary N) is 2. The minimum absolute atomic E-state index is 0.00111. The van der Waals surface area contributed by atoms with Crippen LogP contribution in [0.2, 0.25) is 5.02 Å². The summed E-state index contributed by atoms with van der Waals surface area (Å²) in [5, 5.41) is 17.8. The van der Waals surface area contributed by atoms with E-state index in [-0.39, 0.29) is 22.7 Å². The van der Waals surface area contributed by atoms with Crippen molar-refractivity contribution in [3.63, 3.8) is 0 Å². The average Bonchev–Trinajstić information content (AvgIpc) is 2.32. The van der Waals surface area contributed by atoms with E-state index in [0.29, 0.717) is 16.4 Å². The van der Waals surface area contributed by atoms with Crippen LogP contribution in [0.25, 0.3) is 0 Å². The second-order valence-electron chi connectivity index (χ2n) is 5.14. The lowest BCUT2D eigenvalue weighted by atomic mass is 9.82. The molecule has 8 heteroatoms. The van der Waals surface area contributed by atoms with Gasteiger partial charge in [0.15, 0.2) is 10.8 Å². The zero-order chi connectivity index (χ0) is 14.7. The first-order valence-corrected chi connectivity index (χ1v) is 6.86. The van der Waals surface area contributed by atoms with Crippen molar-refractivity contribution in [2.24, 2.45) is 5.92 Å². The number of halogens is 1. The van der Waals surface area contributed by atoms with Crippen LogP contribution in [0.4, 0.5) is 5.69 Å². The molecule has 2 aliphatic rings. The van der Waals surface area contributed by atoms with Crippen LogP contribution < -0.4 is 15.4 Å². The first-order valence-electron chi connectivity index (χ1n) is 6.08. The summed E-state index contributed by atoms with van der Waals surface area (Å²) in [6.45, 7) is 3.88. The van der Waals surface area contributed by atoms with E-state index in [9.17, 15) is 10.1 Å². The lowest BCUT2D eigenvalue weighted by molar-refractivity contribution is -0.384. The molecule has 0 aromatic heterocycles. The Morgan fingerprint density at radius 3 is 2.90 bits per heavy atom. The molecular weight excluding hydrogens is 302 g/mol. The van der Waals surface area contributed by atoms with Gasteiger partial charge in [0, 0.05) is 17.5 Å². The molecule has 0 aliphatic carbocycles. The van der Waals surface area contributed by atoms with Crippen molar-refractivity contribution in [3.05, 3.63) is 32.8 Å². The standard InChI is InChI=1S/C12H12ClN3O3S/c1-5-10-8-7(4-3-6(9(8)13)16(17)18)19-12(5,2)15-11(20)14-10/h3-5,10H,1-2H3,(H2,14,15,20). The van der Waals surface area contributed by atoms with E-state index in [0.717, 1.165) is 0 Å². The molecule has 0 saturated carbocycles. The molecule has 2 N–H and O–H groups in total. The van der Waals surface area contributed by atoms with Gasteiger partial charge < -0.3 is 15.4 Å². The molecule has 6 nitrogen and oxygen atoms in total. The average molecular weight is 314 g/mol. The van der Waals surface area contributed by atoms with E-state index in [4.69, 9.17) is 28.6 Å². The third kappa shape index (κ3) is 1.73. The first kappa shape index (κ1) is 13.4. The zero-order valence-corrected chi connectivity index (χ0v) is 12.3. The van der Waals surface area contributed by atoms with E-state index in [1.54, 1.807) is 6.07 Å². The van der Waals surface area contributed by atoms with Gasteiger partial charge in [-0.15, -0.1) is 0 Å². The Hall–Kier alpha value is -1.60. The van der Waals surface area contributed by atoms with E-state index >= 15 is 0 Å². The Morgan fingerprint density at radius 1 is 1.55 bits per heavy atom. The van der Waals surface area contributed by atoms with Crippen molar-refractivity contribution in [2.45, 2.75) is 25.6 Å². The van der Waals surface area contributed by atoms with Crippen LogP contribution in [-0.4, -0.2) is 15.8 Å². The van der Waals surface area contributed by atoms with Crippen molar-refractivity contribution < 1.29 is 9.66 Å². The topological polar surface area (TPSA) is 76.4 Å². The first-order chi connectivity index (χ1) is 9.33. The lowest BCUT2D eigenvalue weighted by Gasteiger charge is -2.50. The number of nitrogens with zero attached hydrogens (tertiary/aromatic N) is 1. The second kappa shape index (κ2) is 4.20. The van der Waals surface area contributed by atoms with Gasteiger partial charge in [-0.25, -0.2) is 0 Å². The van der Waals surface area contributed by atoms with E-state index in [1.807, 2.05) is 13.8 Å². The highest BCUT2D eigenvalue weighted by molar-refractivity contribution is 7.80. The van der Waals surface area contributed by atoms with Crippen molar-refractivity contribution in [1.82, 2.24) is 10.6 Å². The number of benzene rings is 1. The molecule has 0 radical (unpaired) electrons. The molecule has 3 rings (SSSR count). The van der Waals surface area contributed by atoms with Gasteiger partial charge in [0.1, 0.15) is 10.8 Å². The number of nitro groups is 1. The molecule has 2 heterocycles. The Labute approximate surface area is 125 Å². The molecule has 2 aliphatic heterocycles. The van der Waals surface area contributed by atoms with Gasteiger partial charge in [0.05, 0.1) is 11.0 Å². The van der Waals surface area contributed by atoms with Gasteiger partial charge in [-0.1, -0.05) is 18.5 Å². The fraction of sp³-hybridized carbons (Fsp3) is 0.417. The molecule has 106 valence electrons. The molecule has 1 saturated heterocycles. The Balaban J connectivity index is 2.21. The monoisotopic (exact) mass is 313 g/mol. The normalized spacial score (nSPS) is 30.6. The number of ether oxygens (including phenoxy) is 1. The van der Waals surface area contributed by atoms with Crippen LogP contribution in [0, 0.1) is 16.0 Å². The van der Waals surface area contributed by atoms with E-state index in [2.05, 4.69) is 10.6 Å². The summed E-state index contributed by atoms with van der Waals surface area (Å²) in [6, 6.07) is 2.72. The van der Waals surface area contributed by atoms with Gasteiger partial charge in [-0.05, 0) is 25.2 Å². The summed E-state index contributed by atoms with van der Waals surface area (Å²) >= 11 is 11.4. The third-order valence-corrected chi connectivity index (χ3v) is 4.58. The number of hydrogen-bond acceptors (Lipinski definition) is 4. The number of nitro benzene ring substituents is 1.